The molecule has 0 spiro atoms. The van der Waals surface area contributed by atoms with Crippen LogP contribution in [-0.2, 0) is 19.7 Å². The number of aromatic nitrogens is 1. The van der Waals surface area contributed by atoms with Crippen molar-refractivity contribution in [3.63, 3.8) is 0 Å². The molecular weight excluding hydrogens is 356 g/mol. The first-order valence-electron chi connectivity index (χ1n) is 7.01. The van der Waals surface area contributed by atoms with E-state index < -0.39 is 19.7 Å². The van der Waals surface area contributed by atoms with Crippen LogP contribution in [0.15, 0.2) is 38.5 Å². The average molecular weight is 375 g/mol. The van der Waals surface area contributed by atoms with Gasteiger partial charge in [0.15, 0.2) is 5.03 Å². The van der Waals surface area contributed by atoms with Crippen molar-refractivity contribution in [2.75, 3.05) is 17.6 Å². The highest BCUT2D eigenvalue weighted by atomic mass is 32.2. The molecule has 0 atom stereocenters. The first kappa shape index (κ1) is 17.9. The minimum absolute atomic E-state index is 0.0907. The standard InChI is InChI=1S/C14H18N2O4S3/c1-4-15-12-13(16-14(21-12)22(17,18)5-2)23(19,20)11-8-6-10(3)7-9-11/h6-9,15H,4-5H2,1-3H3. The van der Waals surface area contributed by atoms with Gasteiger partial charge < -0.3 is 5.32 Å². The summed E-state index contributed by atoms with van der Waals surface area (Å²) in [5.74, 6) is -0.129. The van der Waals surface area contributed by atoms with E-state index in [1.807, 2.05) is 6.92 Å². The molecule has 0 unspecified atom stereocenters. The molecule has 0 aliphatic heterocycles. The molecular formula is C14H18N2O4S3. The van der Waals surface area contributed by atoms with Gasteiger partial charge in [0.1, 0.15) is 5.00 Å². The lowest BCUT2D eigenvalue weighted by atomic mass is 10.2. The van der Waals surface area contributed by atoms with Crippen molar-refractivity contribution < 1.29 is 16.8 Å². The molecule has 0 aliphatic rings. The van der Waals surface area contributed by atoms with Crippen LogP contribution >= 0.6 is 11.3 Å². The number of benzene rings is 1. The van der Waals surface area contributed by atoms with Gasteiger partial charge in [0.05, 0.1) is 10.6 Å². The number of sulfone groups is 2. The van der Waals surface area contributed by atoms with Gasteiger partial charge in [-0.3, -0.25) is 0 Å². The lowest BCUT2D eigenvalue weighted by Gasteiger charge is -2.05. The fourth-order valence-electron chi connectivity index (χ4n) is 1.83. The number of hydrogen-bond acceptors (Lipinski definition) is 7. The lowest BCUT2D eigenvalue weighted by Crippen LogP contribution is -2.08. The zero-order valence-corrected chi connectivity index (χ0v) is 15.5. The quantitative estimate of drug-likeness (QED) is 0.835. The van der Waals surface area contributed by atoms with Crippen molar-refractivity contribution in [2.45, 2.75) is 35.0 Å². The van der Waals surface area contributed by atoms with Gasteiger partial charge in [0.25, 0.3) is 0 Å². The maximum Gasteiger partial charge on any atom is 0.226 e. The fourth-order valence-corrected chi connectivity index (χ4v) is 5.89. The van der Waals surface area contributed by atoms with Crippen LogP contribution < -0.4 is 5.32 Å². The van der Waals surface area contributed by atoms with Crippen molar-refractivity contribution in [1.82, 2.24) is 4.98 Å². The van der Waals surface area contributed by atoms with Crippen LogP contribution in [0, 0.1) is 6.92 Å². The van der Waals surface area contributed by atoms with Gasteiger partial charge in [0, 0.05) is 6.54 Å². The van der Waals surface area contributed by atoms with Crippen LogP contribution in [0.1, 0.15) is 19.4 Å². The summed E-state index contributed by atoms with van der Waals surface area (Å²) < 4.78 is 49.4. The van der Waals surface area contributed by atoms with Crippen molar-refractivity contribution in [3.05, 3.63) is 29.8 Å². The summed E-state index contributed by atoms with van der Waals surface area (Å²) in [4.78, 5) is 4.01. The van der Waals surface area contributed by atoms with Crippen molar-refractivity contribution >= 4 is 36.0 Å². The SMILES string of the molecule is CCNc1sc(S(=O)(=O)CC)nc1S(=O)(=O)c1ccc(C)cc1. The number of anilines is 1. The number of nitrogens with one attached hydrogen (secondary N) is 1. The van der Waals surface area contributed by atoms with Crippen LogP contribution in [0.2, 0.25) is 0 Å². The second kappa shape index (κ2) is 6.58. The number of rotatable bonds is 6. The summed E-state index contributed by atoms with van der Waals surface area (Å²) in [6.07, 6.45) is 0. The van der Waals surface area contributed by atoms with Crippen molar-refractivity contribution in [1.29, 1.82) is 0 Å². The van der Waals surface area contributed by atoms with E-state index in [0.29, 0.717) is 6.54 Å². The predicted octanol–water partition coefficient (Wildman–Crippen LogP) is 2.51. The molecule has 0 aliphatic carbocycles. The second-order valence-corrected chi connectivity index (χ2v) is 10.2. The van der Waals surface area contributed by atoms with E-state index in [2.05, 4.69) is 10.3 Å². The normalized spacial score (nSPS) is 12.3. The molecule has 0 fully saturated rings. The summed E-state index contributed by atoms with van der Waals surface area (Å²) >= 11 is 0.851. The molecule has 0 saturated carbocycles. The molecule has 0 radical (unpaired) electrons. The molecule has 1 aromatic heterocycles. The Labute approximate surface area is 140 Å². The molecule has 0 amide bonds. The minimum atomic E-state index is -3.88. The zero-order chi connectivity index (χ0) is 17.3. The molecule has 0 bridgehead atoms. The van der Waals surface area contributed by atoms with Crippen LogP contribution in [0.4, 0.5) is 5.00 Å². The Morgan fingerprint density at radius 2 is 1.70 bits per heavy atom. The second-order valence-electron chi connectivity index (χ2n) is 4.86. The van der Waals surface area contributed by atoms with Gasteiger partial charge in [0.2, 0.25) is 24.0 Å². The predicted molar refractivity (Wildman–Crippen MR) is 90.6 cm³/mol. The third-order valence-electron chi connectivity index (χ3n) is 3.15. The Balaban J connectivity index is 2.63. The first-order chi connectivity index (χ1) is 10.7. The average Bonchev–Trinajstić information content (AvgIpc) is 2.94. The van der Waals surface area contributed by atoms with Crippen LogP contribution in [0.3, 0.4) is 0 Å². The Bertz CT molecular complexity index is 898. The summed E-state index contributed by atoms with van der Waals surface area (Å²) in [5, 5.41) is 2.91. The smallest absolute Gasteiger partial charge is 0.226 e. The van der Waals surface area contributed by atoms with Gasteiger partial charge in [-0.1, -0.05) is 36.0 Å². The van der Waals surface area contributed by atoms with Crippen LogP contribution in [0.5, 0.6) is 0 Å². The highest BCUT2D eigenvalue weighted by Crippen LogP contribution is 2.34. The summed E-state index contributed by atoms with van der Waals surface area (Å²) in [6.45, 7) is 5.62. The summed E-state index contributed by atoms with van der Waals surface area (Å²) in [7, 11) is -7.45. The largest absolute Gasteiger partial charge is 0.375 e. The summed E-state index contributed by atoms with van der Waals surface area (Å²) in [6, 6.07) is 6.37. The van der Waals surface area contributed by atoms with Crippen molar-refractivity contribution in [2.24, 2.45) is 0 Å². The molecule has 9 heteroatoms. The van der Waals surface area contributed by atoms with E-state index in [0.717, 1.165) is 16.9 Å². The molecule has 2 rings (SSSR count). The van der Waals surface area contributed by atoms with Crippen LogP contribution in [-0.4, -0.2) is 34.1 Å². The number of nitrogens with zero attached hydrogens (tertiary/aromatic N) is 1. The highest BCUT2D eigenvalue weighted by molar-refractivity contribution is 7.94. The molecule has 126 valence electrons. The number of aryl methyl sites for hydroxylation is 1. The van der Waals surface area contributed by atoms with E-state index in [1.165, 1.54) is 19.1 Å². The van der Waals surface area contributed by atoms with Crippen molar-refractivity contribution in [3.8, 4) is 0 Å². The molecule has 1 aromatic carbocycles. The van der Waals surface area contributed by atoms with Gasteiger partial charge in [-0.2, -0.15) is 0 Å². The van der Waals surface area contributed by atoms with Gasteiger partial charge in [-0.05, 0) is 26.0 Å². The lowest BCUT2D eigenvalue weighted by molar-refractivity contribution is 0.590. The zero-order valence-electron chi connectivity index (χ0n) is 13.0. The van der Waals surface area contributed by atoms with Gasteiger partial charge >= 0.3 is 0 Å². The summed E-state index contributed by atoms with van der Waals surface area (Å²) in [5.41, 5.74) is 0.934. The number of thiazole rings is 1. The van der Waals surface area contributed by atoms with Gasteiger partial charge in [-0.15, -0.1) is 0 Å². The van der Waals surface area contributed by atoms with E-state index >= 15 is 0 Å². The van der Waals surface area contributed by atoms with E-state index in [9.17, 15) is 16.8 Å². The third-order valence-corrected chi connectivity index (χ3v) is 8.18. The molecule has 6 nitrogen and oxygen atoms in total. The molecule has 1 N–H and O–H groups in total. The Morgan fingerprint density at radius 1 is 1.09 bits per heavy atom. The molecule has 2 aromatic rings. The maximum absolute atomic E-state index is 12.8. The monoisotopic (exact) mass is 374 g/mol. The minimum Gasteiger partial charge on any atom is -0.375 e. The van der Waals surface area contributed by atoms with E-state index in [1.54, 1.807) is 19.1 Å². The Hall–Kier alpha value is -1.45. The fraction of sp³-hybridized carbons (Fsp3) is 0.357. The number of hydrogen-bond donors (Lipinski definition) is 1. The Morgan fingerprint density at radius 3 is 2.22 bits per heavy atom. The topological polar surface area (TPSA) is 93.2 Å². The third kappa shape index (κ3) is 3.56. The first-order valence-corrected chi connectivity index (χ1v) is 11.0. The van der Waals surface area contributed by atoms with E-state index in [-0.39, 0.29) is 25.0 Å². The molecule has 23 heavy (non-hydrogen) atoms. The highest BCUT2D eigenvalue weighted by Gasteiger charge is 2.29. The van der Waals surface area contributed by atoms with Gasteiger partial charge in [-0.25, -0.2) is 21.8 Å². The van der Waals surface area contributed by atoms with E-state index in [4.69, 9.17) is 0 Å². The van der Waals surface area contributed by atoms with Crippen LogP contribution in [0.25, 0.3) is 0 Å². The molecule has 0 saturated heterocycles. The Kier molecular flexibility index (Phi) is 5.12. The molecule has 1 heterocycles. The maximum atomic E-state index is 12.8.